The quantitative estimate of drug-likeness (QED) is 0.652. The highest BCUT2D eigenvalue weighted by atomic mass is 32.2. The van der Waals surface area contributed by atoms with Gasteiger partial charge in [-0.2, -0.15) is 23.1 Å². The van der Waals surface area contributed by atoms with Gasteiger partial charge in [-0.15, -0.1) is 16.9 Å². The molecule has 3 nitrogen and oxygen atoms in total. The number of benzene rings is 2. The molecular formula is C16H12F3N3S. The Morgan fingerprint density at radius 3 is 2.43 bits per heavy atom. The average Bonchev–Trinajstić information content (AvgIpc) is 3.04. The van der Waals surface area contributed by atoms with E-state index in [0.29, 0.717) is 11.3 Å². The van der Waals surface area contributed by atoms with Gasteiger partial charge in [-0.25, -0.2) is 0 Å². The molecule has 3 rings (SSSR count). The second kappa shape index (κ2) is 6.08. The summed E-state index contributed by atoms with van der Waals surface area (Å²) >= 11 is 1.62. The Balaban J connectivity index is 1.92. The average molecular weight is 335 g/mol. The number of rotatable bonds is 3. The molecule has 0 fully saturated rings. The molecule has 0 N–H and O–H groups in total. The molecule has 3 aromatic rings. The first kappa shape index (κ1) is 15.6. The largest absolute Gasteiger partial charge is 0.416 e. The van der Waals surface area contributed by atoms with Crippen LogP contribution in [-0.4, -0.2) is 21.2 Å². The molecule has 0 unspecified atom stereocenters. The summed E-state index contributed by atoms with van der Waals surface area (Å²) in [4.78, 5) is 2.51. The summed E-state index contributed by atoms with van der Waals surface area (Å²) in [6.45, 7) is 0. The topological polar surface area (TPSA) is 30.7 Å². The minimum atomic E-state index is -4.38. The first-order chi connectivity index (χ1) is 11.0. The molecule has 0 aliphatic carbocycles. The van der Waals surface area contributed by atoms with Crippen molar-refractivity contribution in [1.82, 2.24) is 15.0 Å². The van der Waals surface area contributed by atoms with Gasteiger partial charge < -0.3 is 0 Å². The maximum absolute atomic E-state index is 12.8. The van der Waals surface area contributed by atoms with Gasteiger partial charge >= 0.3 is 6.18 Å². The Morgan fingerprint density at radius 1 is 1.04 bits per heavy atom. The van der Waals surface area contributed by atoms with Crippen molar-refractivity contribution >= 4 is 11.8 Å². The first-order valence-corrected chi connectivity index (χ1v) is 7.94. The molecule has 0 saturated carbocycles. The minimum absolute atomic E-state index is 0.381. The van der Waals surface area contributed by atoms with E-state index in [2.05, 4.69) is 10.2 Å². The monoisotopic (exact) mass is 335 g/mol. The molecule has 0 bridgehead atoms. The first-order valence-electron chi connectivity index (χ1n) is 6.72. The van der Waals surface area contributed by atoms with E-state index in [1.165, 1.54) is 17.1 Å². The van der Waals surface area contributed by atoms with Crippen LogP contribution in [0.3, 0.4) is 0 Å². The number of nitrogens with zero attached hydrogens (tertiary/aromatic N) is 3. The number of alkyl halides is 3. The summed E-state index contributed by atoms with van der Waals surface area (Å²) in [6, 6.07) is 12.7. The maximum Gasteiger partial charge on any atom is 0.416 e. The van der Waals surface area contributed by atoms with Crippen LogP contribution in [0.5, 0.6) is 0 Å². The van der Waals surface area contributed by atoms with Gasteiger partial charge in [0.2, 0.25) is 0 Å². The molecule has 7 heteroatoms. The van der Waals surface area contributed by atoms with Crippen molar-refractivity contribution in [2.45, 2.75) is 11.1 Å². The predicted octanol–water partition coefficient (Wildman–Crippen LogP) is 4.68. The predicted molar refractivity (Wildman–Crippen MR) is 83.6 cm³/mol. The van der Waals surface area contributed by atoms with E-state index < -0.39 is 11.7 Å². The van der Waals surface area contributed by atoms with Crippen molar-refractivity contribution in [1.29, 1.82) is 0 Å². The van der Waals surface area contributed by atoms with Gasteiger partial charge in [0, 0.05) is 10.5 Å². The molecule has 0 radical (unpaired) electrons. The van der Waals surface area contributed by atoms with Crippen molar-refractivity contribution in [3.05, 3.63) is 60.3 Å². The van der Waals surface area contributed by atoms with E-state index in [1.807, 2.05) is 30.5 Å². The number of halogens is 3. The number of aromatic nitrogens is 3. The number of hydrogen-bond donors (Lipinski definition) is 0. The van der Waals surface area contributed by atoms with Crippen LogP contribution in [0.15, 0.2) is 59.6 Å². The lowest BCUT2D eigenvalue weighted by atomic mass is 10.1. The van der Waals surface area contributed by atoms with Gasteiger partial charge in [0.1, 0.15) is 5.69 Å². The molecule has 23 heavy (non-hydrogen) atoms. The molecule has 0 aliphatic rings. The highest BCUT2D eigenvalue weighted by Crippen LogP contribution is 2.31. The van der Waals surface area contributed by atoms with Gasteiger partial charge in [0.05, 0.1) is 17.4 Å². The van der Waals surface area contributed by atoms with Crippen molar-refractivity contribution in [3.8, 4) is 16.9 Å². The fourth-order valence-electron chi connectivity index (χ4n) is 2.09. The minimum Gasteiger partial charge on any atom is -0.166 e. The fraction of sp³-hybridized carbons (Fsp3) is 0.125. The van der Waals surface area contributed by atoms with Gasteiger partial charge in [-0.3, -0.25) is 0 Å². The summed E-state index contributed by atoms with van der Waals surface area (Å²) in [6.07, 6.45) is -0.940. The van der Waals surface area contributed by atoms with Gasteiger partial charge in [0.15, 0.2) is 0 Å². The molecule has 0 atom stereocenters. The molecule has 0 saturated heterocycles. The van der Waals surface area contributed by atoms with Gasteiger partial charge in [-0.1, -0.05) is 12.1 Å². The van der Waals surface area contributed by atoms with Crippen LogP contribution in [0, 0.1) is 0 Å². The highest BCUT2D eigenvalue weighted by Gasteiger charge is 2.30. The molecule has 0 amide bonds. The Hall–Kier alpha value is -2.28. The van der Waals surface area contributed by atoms with Crippen LogP contribution in [0.25, 0.3) is 16.9 Å². The Labute approximate surface area is 135 Å². The van der Waals surface area contributed by atoms with Crippen LogP contribution < -0.4 is 0 Å². The molecule has 1 aromatic heterocycles. The number of hydrogen-bond acceptors (Lipinski definition) is 3. The smallest absolute Gasteiger partial charge is 0.166 e. The van der Waals surface area contributed by atoms with Crippen molar-refractivity contribution in [2.75, 3.05) is 6.26 Å². The maximum atomic E-state index is 12.8. The fourth-order valence-corrected chi connectivity index (χ4v) is 2.50. The Kier molecular flexibility index (Phi) is 4.12. The summed E-state index contributed by atoms with van der Waals surface area (Å²) < 4.78 is 38.3. The van der Waals surface area contributed by atoms with E-state index in [9.17, 15) is 13.2 Å². The van der Waals surface area contributed by atoms with Crippen molar-refractivity contribution in [3.63, 3.8) is 0 Å². The SMILES string of the molecule is CSc1ccc(-n2ncc(-c3cccc(C(F)(F)F)c3)n2)cc1. The third kappa shape index (κ3) is 3.39. The van der Waals surface area contributed by atoms with Crippen LogP contribution in [-0.2, 0) is 6.18 Å². The zero-order valence-corrected chi connectivity index (χ0v) is 12.9. The van der Waals surface area contributed by atoms with E-state index >= 15 is 0 Å². The third-order valence-corrected chi connectivity index (χ3v) is 4.02. The summed E-state index contributed by atoms with van der Waals surface area (Å²) in [5.74, 6) is 0. The van der Waals surface area contributed by atoms with E-state index in [4.69, 9.17) is 0 Å². The van der Waals surface area contributed by atoms with Gasteiger partial charge in [0.25, 0.3) is 0 Å². The second-order valence-corrected chi connectivity index (χ2v) is 5.68. The Bertz CT molecular complexity index is 810. The Morgan fingerprint density at radius 2 is 1.78 bits per heavy atom. The van der Waals surface area contributed by atoms with Crippen LogP contribution in [0.4, 0.5) is 13.2 Å². The molecular weight excluding hydrogens is 323 g/mol. The lowest BCUT2D eigenvalue weighted by molar-refractivity contribution is -0.137. The van der Waals surface area contributed by atoms with Crippen molar-refractivity contribution in [2.24, 2.45) is 0 Å². The van der Waals surface area contributed by atoms with Crippen LogP contribution in [0.1, 0.15) is 5.56 Å². The second-order valence-electron chi connectivity index (χ2n) is 4.80. The van der Waals surface area contributed by atoms with E-state index in [0.717, 1.165) is 22.7 Å². The normalized spacial score (nSPS) is 11.7. The zero-order valence-electron chi connectivity index (χ0n) is 12.1. The van der Waals surface area contributed by atoms with Gasteiger partial charge in [-0.05, 0) is 42.7 Å². The van der Waals surface area contributed by atoms with Crippen molar-refractivity contribution < 1.29 is 13.2 Å². The molecule has 118 valence electrons. The third-order valence-electron chi connectivity index (χ3n) is 3.28. The van der Waals surface area contributed by atoms with E-state index in [-0.39, 0.29) is 0 Å². The van der Waals surface area contributed by atoms with Crippen LogP contribution >= 0.6 is 11.8 Å². The molecule has 0 aliphatic heterocycles. The molecule has 0 spiro atoms. The lowest BCUT2D eigenvalue weighted by Gasteiger charge is -2.07. The standard InChI is InChI=1S/C16H12F3N3S/c1-23-14-7-5-13(6-8-14)22-20-10-15(21-22)11-3-2-4-12(9-11)16(17,18)19/h2-10H,1H3. The summed E-state index contributed by atoms with van der Waals surface area (Å²) in [5, 5.41) is 8.39. The number of thioether (sulfide) groups is 1. The highest BCUT2D eigenvalue weighted by molar-refractivity contribution is 7.98. The van der Waals surface area contributed by atoms with E-state index in [1.54, 1.807) is 17.8 Å². The van der Waals surface area contributed by atoms with Crippen LogP contribution in [0.2, 0.25) is 0 Å². The lowest BCUT2D eigenvalue weighted by Crippen LogP contribution is -2.04. The molecule has 2 aromatic carbocycles. The molecule has 1 heterocycles. The summed E-state index contributed by atoms with van der Waals surface area (Å²) in [5.41, 5.74) is 0.826. The zero-order chi connectivity index (χ0) is 16.4. The summed E-state index contributed by atoms with van der Waals surface area (Å²) in [7, 11) is 0.